The summed E-state index contributed by atoms with van der Waals surface area (Å²) in [7, 11) is 0. The first-order valence-corrected chi connectivity index (χ1v) is 10.6. The highest BCUT2D eigenvalue weighted by Crippen LogP contribution is 2.24. The molecular weight excluding hydrogens is 356 g/mol. The fraction of sp³-hybridized carbons (Fsp3) is 0.750. The van der Waals surface area contributed by atoms with Crippen LogP contribution in [-0.2, 0) is 16.1 Å². The number of fused-ring (bicyclic) bond motifs is 1. The van der Waals surface area contributed by atoms with Crippen molar-refractivity contribution >= 4 is 17.6 Å². The summed E-state index contributed by atoms with van der Waals surface area (Å²) in [4.78, 5) is 31.6. The molecule has 0 unspecified atom stereocenters. The monoisotopic (exact) mass is 390 g/mol. The lowest BCUT2D eigenvalue weighted by molar-refractivity contribution is -0.126. The fourth-order valence-electron chi connectivity index (χ4n) is 4.09. The van der Waals surface area contributed by atoms with Crippen LogP contribution in [0, 0.1) is 6.92 Å². The third-order valence-corrected chi connectivity index (χ3v) is 5.66. The number of rotatable bonds is 8. The molecule has 28 heavy (non-hydrogen) atoms. The van der Waals surface area contributed by atoms with E-state index >= 15 is 0 Å². The molecule has 0 saturated carbocycles. The van der Waals surface area contributed by atoms with E-state index in [4.69, 9.17) is 0 Å². The number of nitrogens with zero attached hydrogens (tertiary/aromatic N) is 5. The number of hydrogen-bond acceptors (Lipinski definition) is 5. The Morgan fingerprint density at radius 3 is 2.54 bits per heavy atom. The number of aryl methyl sites for hydroxylation is 2. The Kier molecular flexibility index (Phi) is 7.07. The first kappa shape index (κ1) is 20.8. The van der Waals surface area contributed by atoms with E-state index < -0.39 is 6.04 Å². The summed E-state index contributed by atoms with van der Waals surface area (Å²) in [5.41, 5.74) is 0.862. The summed E-state index contributed by atoms with van der Waals surface area (Å²) < 4.78 is 1.82. The van der Waals surface area contributed by atoms with E-state index in [1.165, 1.54) is 13.0 Å². The van der Waals surface area contributed by atoms with Crippen LogP contribution in [0.15, 0.2) is 6.07 Å². The molecule has 2 amide bonds. The summed E-state index contributed by atoms with van der Waals surface area (Å²) in [6.45, 7) is 13.8. The molecule has 1 atom stereocenters. The normalized spacial score (nSPS) is 19.5. The highest BCUT2D eigenvalue weighted by molar-refractivity contribution is 6.00. The number of nitrogens with one attached hydrogen (secondary N) is 1. The van der Waals surface area contributed by atoms with Gasteiger partial charge in [0.05, 0.1) is 12.2 Å². The van der Waals surface area contributed by atoms with Gasteiger partial charge in [0.15, 0.2) is 0 Å². The second-order valence-electron chi connectivity index (χ2n) is 7.88. The van der Waals surface area contributed by atoms with Crippen LogP contribution >= 0.6 is 0 Å². The molecule has 1 saturated heterocycles. The van der Waals surface area contributed by atoms with Crippen molar-refractivity contribution in [3.8, 4) is 0 Å². The van der Waals surface area contributed by atoms with Crippen LogP contribution in [0.4, 0.5) is 5.82 Å². The average Bonchev–Trinajstić information content (AvgIpc) is 3.06. The molecule has 0 radical (unpaired) electrons. The van der Waals surface area contributed by atoms with Gasteiger partial charge in [0.1, 0.15) is 11.9 Å². The number of anilines is 1. The average molecular weight is 391 g/mol. The molecule has 3 rings (SSSR count). The van der Waals surface area contributed by atoms with Gasteiger partial charge in [-0.25, -0.2) is 4.68 Å². The van der Waals surface area contributed by atoms with E-state index in [2.05, 4.69) is 27.1 Å². The van der Waals surface area contributed by atoms with Gasteiger partial charge in [-0.15, -0.1) is 0 Å². The molecule has 3 heterocycles. The van der Waals surface area contributed by atoms with Crippen LogP contribution in [0.1, 0.15) is 38.8 Å². The van der Waals surface area contributed by atoms with Crippen LogP contribution in [0.5, 0.6) is 0 Å². The molecular formula is C20H34N6O2. The Hall–Kier alpha value is -1.93. The van der Waals surface area contributed by atoms with E-state index in [9.17, 15) is 9.59 Å². The van der Waals surface area contributed by atoms with Gasteiger partial charge < -0.3 is 15.1 Å². The Bertz CT molecular complexity index is 680. The SMILES string of the molecule is CCCN1CCN(CCCNC(=O)[C@H](C)N2C(=O)CCn3nc(C)cc32)CC1. The smallest absolute Gasteiger partial charge is 0.242 e. The first-order chi connectivity index (χ1) is 13.5. The lowest BCUT2D eigenvalue weighted by Crippen LogP contribution is -2.51. The third kappa shape index (κ3) is 4.91. The van der Waals surface area contributed by atoms with Crippen molar-refractivity contribution in [1.82, 2.24) is 24.9 Å². The molecule has 0 spiro atoms. The van der Waals surface area contributed by atoms with Crippen LogP contribution < -0.4 is 10.2 Å². The van der Waals surface area contributed by atoms with Crippen molar-refractivity contribution < 1.29 is 9.59 Å². The summed E-state index contributed by atoms with van der Waals surface area (Å²) in [6.07, 6.45) is 2.52. The maximum Gasteiger partial charge on any atom is 0.242 e. The van der Waals surface area contributed by atoms with Crippen LogP contribution in [0.2, 0.25) is 0 Å². The maximum absolute atomic E-state index is 12.6. The molecule has 2 aliphatic rings. The van der Waals surface area contributed by atoms with Gasteiger partial charge in [-0.1, -0.05) is 6.92 Å². The molecule has 1 fully saturated rings. The summed E-state index contributed by atoms with van der Waals surface area (Å²) >= 11 is 0. The Morgan fingerprint density at radius 2 is 1.86 bits per heavy atom. The third-order valence-electron chi connectivity index (χ3n) is 5.66. The van der Waals surface area contributed by atoms with Crippen LogP contribution in [0.25, 0.3) is 0 Å². The summed E-state index contributed by atoms with van der Waals surface area (Å²) in [5.74, 6) is 0.606. The maximum atomic E-state index is 12.6. The van der Waals surface area contributed by atoms with Gasteiger partial charge in [0.25, 0.3) is 0 Å². The van der Waals surface area contributed by atoms with Crippen LogP contribution in [0.3, 0.4) is 0 Å². The van der Waals surface area contributed by atoms with Crippen LogP contribution in [-0.4, -0.2) is 83.2 Å². The number of amides is 2. The van der Waals surface area contributed by atoms with E-state index in [0.717, 1.165) is 50.7 Å². The molecule has 1 aromatic rings. The lowest BCUT2D eigenvalue weighted by Gasteiger charge is -2.34. The summed E-state index contributed by atoms with van der Waals surface area (Å²) in [6, 6.07) is 1.35. The minimum Gasteiger partial charge on any atom is -0.354 e. The topological polar surface area (TPSA) is 73.7 Å². The quantitative estimate of drug-likeness (QED) is 0.666. The predicted molar refractivity (Wildman–Crippen MR) is 109 cm³/mol. The Balaban J connectivity index is 1.42. The Labute approximate surface area is 167 Å². The van der Waals surface area contributed by atoms with E-state index in [1.54, 1.807) is 11.8 Å². The van der Waals surface area contributed by atoms with Crippen molar-refractivity contribution in [3.63, 3.8) is 0 Å². The molecule has 8 heteroatoms. The van der Waals surface area contributed by atoms with E-state index in [0.29, 0.717) is 19.5 Å². The zero-order valence-corrected chi connectivity index (χ0v) is 17.5. The molecule has 0 bridgehead atoms. The highest BCUT2D eigenvalue weighted by Gasteiger charge is 2.32. The highest BCUT2D eigenvalue weighted by atomic mass is 16.2. The molecule has 1 N–H and O–H groups in total. The van der Waals surface area contributed by atoms with Gasteiger partial charge in [-0.05, 0) is 39.8 Å². The van der Waals surface area contributed by atoms with E-state index in [1.807, 2.05) is 17.7 Å². The van der Waals surface area contributed by atoms with Crippen molar-refractivity contribution in [1.29, 1.82) is 0 Å². The van der Waals surface area contributed by atoms with Gasteiger partial charge >= 0.3 is 0 Å². The standard InChI is InChI=1S/C20H34N6O2/c1-4-8-23-11-13-24(14-12-23)9-5-7-21-20(28)17(3)26-18-15-16(2)22-25(18)10-6-19(26)27/h15,17H,4-14H2,1-3H3,(H,21,28)/t17-/m0/s1. The number of hydrogen-bond donors (Lipinski definition) is 1. The van der Waals surface area contributed by atoms with Gasteiger partial charge in [-0.3, -0.25) is 14.5 Å². The largest absolute Gasteiger partial charge is 0.354 e. The van der Waals surface area contributed by atoms with Crippen molar-refractivity contribution in [2.24, 2.45) is 0 Å². The van der Waals surface area contributed by atoms with Gasteiger partial charge in [0.2, 0.25) is 11.8 Å². The van der Waals surface area contributed by atoms with Crippen molar-refractivity contribution in [3.05, 3.63) is 11.8 Å². The predicted octanol–water partition coefficient (Wildman–Crippen LogP) is 0.851. The zero-order chi connectivity index (χ0) is 20.1. The van der Waals surface area contributed by atoms with Gasteiger partial charge in [0, 0.05) is 45.2 Å². The van der Waals surface area contributed by atoms with Gasteiger partial charge in [-0.2, -0.15) is 5.10 Å². The lowest BCUT2D eigenvalue weighted by atomic mass is 10.2. The molecule has 2 aliphatic heterocycles. The number of carbonyl (C=O) groups is 2. The molecule has 8 nitrogen and oxygen atoms in total. The molecule has 156 valence electrons. The minimum atomic E-state index is -0.528. The molecule has 1 aromatic heterocycles. The van der Waals surface area contributed by atoms with Crippen molar-refractivity contribution in [2.75, 3.05) is 50.7 Å². The summed E-state index contributed by atoms with van der Waals surface area (Å²) in [5, 5.41) is 7.41. The second kappa shape index (κ2) is 9.52. The number of aromatic nitrogens is 2. The zero-order valence-electron chi connectivity index (χ0n) is 17.5. The molecule has 0 aliphatic carbocycles. The number of piperazine rings is 1. The first-order valence-electron chi connectivity index (χ1n) is 10.6. The minimum absolute atomic E-state index is 0.0139. The fourth-order valence-corrected chi connectivity index (χ4v) is 4.09. The van der Waals surface area contributed by atoms with Crippen molar-refractivity contribution in [2.45, 2.75) is 52.6 Å². The molecule has 0 aromatic carbocycles. The number of carbonyl (C=O) groups excluding carboxylic acids is 2. The second-order valence-corrected chi connectivity index (χ2v) is 7.88. The Morgan fingerprint density at radius 1 is 1.18 bits per heavy atom. The van der Waals surface area contributed by atoms with E-state index in [-0.39, 0.29) is 11.8 Å².